The molecule has 0 spiro atoms. The molecule has 0 aliphatic rings. The summed E-state index contributed by atoms with van der Waals surface area (Å²) in [4.78, 5) is 26.6. The smallest absolute Gasteiger partial charge is 0.326 e. The van der Waals surface area contributed by atoms with Crippen molar-refractivity contribution in [2.75, 3.05) is 0 Å². The van der Waals surface area contributed by atoms with Gasteiger partial charge in [0.1, 0.15) is 11.7 Å². The first kappa shape index (κ1) is 13.2. The number of carbonyl (C=O) groups is 2. The number of carbonyl (C=O) groups excluding carboxylic acids is 1. The van der Waals surface area contributed by atoms with E-state index >= 15 is 0 Å². The molecule has 0 fully saturated rings. The first-order chi connectivity index (χ1) is 7.95. The molecule has 0 radical (unpaired) electrons. The van der Waals surface area contributed by atoms with Crippen LogP contribution in [-0.4, -0.2) is 32.6 Å². The second kappa shape index (κ2) is 5.47. The normalized spacial score (nSPS) is 14.1. The van der Waals surface area contributed by atoms with Crippen molar-refractivity contribution in [1.29, 1.82) is 0 Å². The van der Waals surface area contributed by atoms with Gasteiger partial charge in [-0.2, -0.15) is 0 Å². The van der Waals surface area contributed by atoms with E-state index < -0.39 is 17.9 Å². The number of hydrogen-bond donors (Lipinski definition) is 2. The lowest BCUT2D eigenvalue weighted by Crippen LogP contribution is -2.45. The van der Waals surface area contributed by atoms with Gasteiger partial charge in [0.25, 0.3) is 5.91 Å². The number of carboxylic acids is 1. The van der Waals surface area contributed by atoms with Crippen LogP contribution in [-0.2, 0) is 11.8 Å². The van der Waals surface area contributed by atoms with E-state index in [0.29, 0.717) is 6.42 Å². The highest BCUT2D eigenvalue weighted by Gasteiger charge is 2.26. The van der Waals surface area contributed by atoms with Gasteiger partial charge in [-0.25, -0.2) is 9.78 Å². The average molecular weight is 239 g/mol. The Bertz CT molecular complexity index is 414. The molecule has 1 heterocycles. The summed E-state index contributed by atoms with van der Waals surface area (Å²) < 4.78 is 1.63. The molecule has 94 valence electrons. The molecule has 17 heavy (non-hydrogen) atoms. The highest BCUT2D eigenvalue weighted by Crippen LogP contribution is 2.08. The van der Waals surface area contributed by atoms with Crippen LogP contribution in [0.3, 0.4) is 0 Å². The minimum atomic E-state index is -1.02. The van der Waals surface area contributed by atoms with Crippen LogP contribution in [0.4, 0.5) is 0 Å². The number of aromatic nitrogens is 2. The molecule has 1 aromatic heterocycles. The van der Waals surface area contributed by atoms with Crippen molar-refractivity contribution in [3.05, 3.63) is 18.2 Å². The van der Waals surface area contributed by atoms with Crippen LogP contribution in [0.1, 0.15) is 30.8 Å². The molecule has 0 saturated heterocycles. The van der Waals surface area contributed by atoms with Crippen LogP contribution in [0.25, 0.3) is 0 Å². The SMILES string of the molecule is CCC(C)C(NC(=O)c1cn(C)cn1)C(=O)O. The number of aliphatic carboxylic acids is 1. The maximum absolute atomic E-state index is 11.7. The molecule has 0 saturated carbocycles. The molecule has 1 rings (SSSR count). The van der Waals surface area contributed by atoms with Gasteiger partial charge in [-0.3, -0.25) is 4.79 Å². The summed E-state index contributed by atoms with van der Waals surface area (Å²) in [5.41, 5.74) is 0.224. The zero-order valence-corrected chi connectivity index (χ0v) is 10.2. The Morgan fingerprint density at radius 1 is 1.59 bits per heavy atom. The Morgan fingerprint density at radius 2 is 2.24 bits per heavy atom. The molecular formula is C11H17N3O3. The third kappa shape index (κ3) is 3.30. The Labute approximate surface area is 99.7 Å². The number of nitrogens with one attached hydrogen (secondary N) is 1. The zero-order valence-electron chi connectivity index (χ0n) is 10.2. The van der Waals surface area contributed by atoms with E-state index in [9.17, 15) is 9.59 Å². The molecular weight excluding hydrogens is 222 g/mol. The van der Waals surface area contributed by atoms with E-state index in [-0.39, 0.29) is 11.6 Å². The lowest BCUT2D eigenvalue weighted by molar-refractivity contribution is -0.140. The molecule has 1 amide bonds. The number of amides is 1. The number of nitrogens with zero attached hydrogens (tertiary/aromatic N) is 2. The van der Waals surface area contributed by atoms with Crippen molar-refractivity contribution >= 4 is 11.9 Å². The fourth-order valence-corrected chi connectivity index (χ4v) is 1.43. The molecule has 2 atom stereocenters. The second-order valence-electron chi connectivity index (χ2n) is 4.10. The largest absolute Gasteiger partial charge is 0.480 e. The van der Waals surface area contributed by atoms with Crippen LogP contribution >= 0.6 is 0 Å². The average Bonchev–Trinajstić information content (AvgIpc) is 2.71. The summed E-state index contributed by atoms with van der Waals surface area (Å²) in [6.45, 7) is 3.67. The van der Waals surface area contributed by atoms with Crippen molar-refractivity contribution in [2.24, 2.45) is 13.0 Å². The lowest BCUT2D eigenvalue weighted by Gasteiger charge is -2.19. The summed E-state index contributed by atoms with van der Waals surface area (Å²) in [6.07, 6.45) is 3.72. The molecule has 6 nitrogen and oxygen atoms in total. The monoisotopic (exact) mass is 239 g/mol. The minimum Gasteiger partial charge on any atom is -0.480 e. The van der Waals surface area contributed by atoms with Gasteiger partial charge in [0.15, 0.2) is 0 Å². The number of rotatable bonds is 5. The van der Waals surface area contributed by atoms with Crippen LogP contribution in [0.15, 0.2) is 12.5 Å². The first-order valence-corrected chi connectivity index (χ1v) is 5.47. The summed E-state index contributed by atoms with van der Waals surface area (Å²) in [7, 11) is 1.74. The van der Waals surface area contributed by atoms with Crippen molar-refractivity contribution in [3.8, 4) is 0 Å². The van der Waals surface area contributed by atoms with Gasteiger partial charge in [-0.1, -0.05) is 20.3 Å². The fraction of sp³-hybridized carbons (Fsp3) is 0.545. The number of aryl methyl sites for hydroxylation is 1. The summed E-state index contributed by atoms with van der Waals surface area (Å²) in [5.74, 6) is -1.61. The number of imidazole rings is 1. The quantitative estimate of drug-likeness (QED) is 0.790. The maximum Gasteiger partial charge on any atom is 0.326 e. The van der Waals surface area contributed by atoms with Gasteiger partial charge < -0.3 is 15.0 Å². The van der Waals surface area contributed by atoms with Gasteiger partial charge in [0.2, 0.25) is 0 Å². The van der Waals surface area contributed by atoms with Crippen molar-refractivity contribution in [3.63, 3.8) is 0 Å². The van der Waals surface area contributed by atoms with Gasteiger partial charge in [0.05, 0.1) is 6.33 Å². The minimum absolute atomic E-state index is 0.125. The number of hydrogen-bond acceptors (Lipinski definition) is 3. The predicted octanol–water partition coefficient (Wildman–Crippen LogP) is 0.649. The highest BCUT2D eigenvalue weighted by molar-refractivity contribution is 5.94. The molecule has 2 unspecified atom stereocenters. The first-order valence-electron chi connectivity index (χ1n) is 5.47. The molecule has 2 N–H and O–H groups in total. The van der Waals surface area contributed by atoms with Crippen LogP contribution in [0.2, 0.25) is 0 Å². The molecule has 6 heteroatoms. The Hall–Kier alpha value is -1.85. The molecule has 0 aliphatic heterocycles. The summed E-state index contributed by atoms with van der Waals surface area (Å²) in [6, 6.07) is -0.880. The summed E-state index contributed by atoms with van der Waals surface area (Å²) >= 11 is 0. The molecule has 0 bridgehead atoms. The van der Waals surface area contributed by atoms with E-state index in [4.69, 9.17) is 5.11 Å². The van der Waals surface area contributed by atoms with Crippen LogP contribution in [0.5, 0.6) is 0 Å². The standard InChI is InChI=1S/C11H17N3O3/c1-4-7(2)9(11(16)17)13-10(15)8-5-14(3)6-12-8/h5-7,9H,4H2,1-3H3,(H,13,15)(H,16,17). The van der Waals surface area contributed by atoms with Crippen LogP contribution in [0, 0.1) is 5.92 Å². The second-order valence-corrected chi connectivity index (χ2v) is 4.10. The van der Waals surface area contributed by atoms with Gasteiger partial charge in [-0.05, 0) is 5.92 Å². The maximum atomic E-state index is 11.7. The molecule has 0 aliphatic carbocycles. The fourth-order valence-electron chi connectivity index (χ4n) is 1.43. The third-order valence-electron chi connectivity index (χ3n) is 2.70. The number of carboxylic acid groups (broad SMARTS) is 1. The van der Waals surface area contributed by atoms with E-state index in [1.807, 2.05) is 6.92 Å². The topological polar surface area (TPSA) is 84.2 Å². The van der Waals surface area contributed by atoms with E-state index in [2.05, 4.69) is 10.3 Å². The molecule has 1 aromatic rings. The molecule has 0 aromatic carbocycles. The Morgan fingerprint density at radius 3 is 2.65 bits per heavy atom. The third-order valence-corrected chi connectivity index (χ3v) is 2.70. The summed E-state index contributed by atoms with van der Waals surface area (Å²) in [5, 5.41) is 11.5. The van der Waals surface area contributed by atoms with Crippen molar-refractivity contribution in [2.45, 2.75) is 26.3 Å². The van der Waals surface area contributed by atoms with E-state index in [1.54, 1.807) is 24.7 Å². The Balaban J connectivity index is 2.74. The van der Waals surface area contributed by atoms with Crippen molar-refractivity contribution < 1.29 is 14.7 Å². The van der Waals surface area contributed by atoms with Gasteiger partial charge in [0, 0.05) is 13.2 Å². The van der Waals surface area contributed by atoms with Crippen molar-refractivity contribution in [1.82, 2.24) is 14.9 Å². The lowest BCUT2D eigenvalue weighted by atomic mass is 9.99. The van der Waals surface area contributed by atoms with Crippen LogP contribution < -0.4 is 5.32 Å². The van der Waals surface area contributed by atoms with E-state index in [1.165, 1.54) is 6.33 Å². The van der Waals surface area contributed by atoms with Gasteiger partial charge >= 0.3 is 5.97 Å². The highest BCUT2D eigenvalue weighted by atomic mass is 16.4. The van der Waals surface area contributed by atoms with E-state index in [0.717, 1.165) is 0 Å². The Kier molecular flexibility index (Phi) is 4.25. The predicted molar refractivity (Wildman–Crippen MR) is 61.6 cm³/mol. The van der Waals surface area contributed by atoms with Gasteiger partial charge in [-0.15, -0.1) is 0 Å². The zero-order chi connectivity index (χ0) is 13.0.